The Bertz CT molecular complexity index is 296. The fourth-order valence-electron chi connectivity index (χ4n) is 2.91. The van der Waals surface area contributed by atoms with Crippen molar-refractivity contribution in [3.8, 4) is 0 Å². The first-order chi connectivity index (χ1) is 10.2. The van der Waals surface area contributed by atoms with Gasteiger partial charge in [-0.25, -0.2) is 0 Å². The fraction of sp³-hybridized carbons (Fsp3) is 0.938. The van der Waals surface area contributed by atoms with Crippen LogP contribution in [0, 0.1) is 11.8 Å². The van der Waals surface area contributed by atoms with Crippen LogP contribution in [0.15, 0.2) is 4.99 Å². The first kappa shape index (κ1) is 21.9. The number of hydrogen-bond donors (Lipinski definition) is 3. The molecule has 0 bridgehead atoms. The van der Waals surface area contributed by atoms with Crippen molar-refractivity contribution in [3.05, 3.63) is 0 Å². The highest BCUT2D eigenvalue weighted by molar-refractivity contribution is 14.0. The van der Waals surface area contributed by atoms with Crippen LogP contribution in [-0.2, 0) is 0 Å². The molecule has 0 aliphatic carbocycles. The zero-order valence-corrected chi connectivity index (χ0v) is 16.8. The van der Waals surface area contributed by atoms with Crippen LogP contribution in [0.4, 0.5) is 0 Å². The molecule has 0 spiro atoms. The molecule has 1 aliphatic rings. The lowest BCUT2D eigenvalue weighted by Gasteiger charge is -2.17. The van der Waals surface area contributed by atoms with Gasteiger partial charge in [0.25, 0.3) is 0 Å². The molecule has 1 saturated heterocycles. The maximum Gasteiger partial charge on any atom is 0.191 e. The van der Waals surface area contributed by atoms with E-state index in [-0.39, 0.29) is 30.6 Å². The number of nitrogens with one attached hydrogen (secondary N) is 2. The summed E-state index contributed by atoms with van der Waals surface area (Å²) in [6.45, 7) is 9.60. The lowest BCUT2D eigenvalue weighted by atomic mass is 10.0. The Morgan fingerprint density at radius 1 is 1.32 bits per heavy atom. The number of likely N-dealkylation sites (tertiary alicyclic amines) is 1. The number of guanidine groups is 1. The third kappa shape index (κ3) is 9.15. The van der Waals surface area contributed by atoms with E-state index >= 15 is 0 Å². The van der Waals surface area contributed by atoms with Crippen LogP contribution in [0.25, 0.3) is 0 Å². The van der Waals surface area contributed by atoms with Gasteiger partial charge >= 0.3 is 0 Å². The second-order valence-electron chi connectivity index (χ2n) is 6.18. The van der Waals surface area contributed by atoms with Crippen molar-refractivity contribution in [2.24, 2.45) is 16.8 Å². The highest BCUT2D eigenvalue weighted by atomic mass is 127. The number of aliphatic hydroxyl groups is 1. The molecule has 0 saturated carbocycles. The van der Waals surface area contributed by atoms with E-state index < -0.39 is 0 Å². The molecule has 2 unspecified atom stereocenters. The molecule has 132 valence electrons. The van der Waals surface area contributed by atoms with Gasteiger partial charge in [0.1, 0.15) is 0 Å². The predicted octanol–water partition coefficient (Wildman–Crippen LogP) is 1.91. The minimum Gasteiger partial charge on any atom is -0.396 e. The highest BCUT2D eigenvalue weighted by Crippen LogP contribution is 2.13. The summed E-state index contributed by atoms with van der Waals surface area (Å²) in [7, 11) is 2.18. The summed E-state index contributed by atoms with van der Waals surface area (Å²) < 4.78 is 0. The predicted molar refractivity (Wildman–Crippen MR) is 105 cm³/mol. The quantitative estimate of drug-likeness (QED) is 0.300. The van der Waals surface area contributed by atoms with Crippen LogP contribution in [-0.4, -0.2) is 62.3 Å². The number of halogens is 1. The molecule has 22 heavy (non-hydrogen) atoms. The van der Waals surface area contributed by atoms with Crippen LogP contribution >= 0.6 is 24.0 Å². The van der Waals surface area contributed by atoms with Gasteiger partial charge in [-0.2, -0.15) is 0 Å². The van der Waals surface area contributed by atoms with Crippen LogP contribution in [0.5, 0.6) is 0 Å². The SMILES string of the molecule is CCCC(CCO)CN=C(NCC)NCC1CCN(C)C1.I. The maximum absolute atomic E-state index is 9.12. The second-order valence-corrected chi connectivity index (χ2v) is 6.18. The van der Waals surface area contributed by atoms with Gasteiger partial charge in [0.2, 0.25) is 0 Å². The van der Waals surface area contributed by atoms with Gasteiger partial charge < -0.3 is 20.6 Å². The van der Waals surface area contributed by atoms with E-state index in [1.807, 2.05) is 0 Å². The van der Waals surface area contributed by atoms with Crippen molar-refractivity contribution in [3.63, 3.8) is 0 Å². The van der Waals surface area contributed by atoms with E-state index in [0.717, 1.165) is 50.8 Å². The second kappa shape index (κ2) is 13.4. The first-order valence-electron chi connectivity index (χ1n) is 8.51. The average Bonchev–Trinajstić information content (AvgIpc) is 2.88. The summed E-state index contributed by atoms with van der Waals surface area (Å²) in [4.78, 5) is 7.08. The van der Waals surface area contributed by atoms with Crippen molar-refractivity contribution in [2.45, 2.75) is 39.5 Å². The Kier molecular flexibility index (Phi) is 13.3. The summed E-state index contributed by atoms with van der Waals surface area (Å²) >= 11 is 0. The standard InChI is InChI=1S/C16H34N4O.HI/c1-4-6-14(8-10-21)11-18-16(17-5-2)19-12-15-7-9-20(3)13-15;/h14-15,21H,4-13H2,1-3H3,(H2,17,18,19);1H. The van der Waals surface area contributed by atoms with Gasteiger partial charge in [-0.3, -0.25) is 4.99 Å². The number of rotatable bonds is 9. The number of aliphatic hydroxyl groups excluding tert-OH is 1. The average molecular weight is 426 g/mol. The van der Waals surface area contributed by atoms with E-state index in [2.05, 4.69) is 36.4 Å². The van der Waals surface area contributed by atoms with Gasteiger partial charge in [-0.15, -0.1) is 24.0 Å². The van der Waals surface area contributed by atoms with Crippen LogP contribution in [0.1, 0.15) is 39.5 Å². The van der Waals surface area contributed by atoms with Gasteiger partial charge in [0.05, 0.1) is 0 Å². The van der Waals surface area contributed by atoms with Gasteiger partial charge in [0.15, 0.2) is 5.96 Å². The summed E-state index contributed by atoms with van der Waals surface area (Å²) in [5.41, 5.74) is 0. The zero-order valence-electron chi connectivity index (χ0n) is 14.5. The normalized spacial score (nSPS) is 20.5. The van der Waals surface area contributed by atoms with Crippen molar-refractivity contribution < 1.29 is 5.11 Å². The van der Waals surface area contributed by atoms with Crippen LogP contribution < -0.4 is 10.6 Å². The lowest BCUT2D eigenvalue weighted by Crippen LogP contribution is -2.40. The molecule has 1 fully saturated rings. The molecular weight excluding hydrogens is 391 g/mol. The Labute approximate surface area is 153 Å². The topological polar surface area (TPSA) is 59.9 Å². The summed E-state index contributed by atoms with van der Waals surface area (Å²) in [6, 6.07) is 0. The molecule has 0 aromatic heterocycles. The number of aliphatic imine (C=N–C) groups is 1. The summed E-state index contributed by atoms with van der Waals surface area (Å²) in [6.07, 6.45) is 4.41. The molecule has 1 aliphatic heterocycles. The largest absolute Gasteiger partial charge is 0.396 e. The van der Waals surface area contributed by atoms with Gasteiger partial charge in [-0.05, 0) is 51.6 Å². The van der Waals surface area contributed by atoms with E-state index in [1.165, 1.54) is 19.5 Å². The number of nitrogens with zero attached hydrogens (tertiary/aromatic N) is 2. The molecule has 6 heteroatoms. The fourth-order valence-corrected chi connectivity index (χ4v) is 2.91. The van der Waals surface area contributed by atoms with Crippen molar-refractivity contribution in [1.82, 2.24) is 15.5 Å². The number of hydrogen-bond acceptors (Lipinski definition) is 3. The Morgan fingerprint density at radius 3 is 2.64 bits per heavy atom. The molecule has 3 N–H and O–H groups in total. The molecule has 0 radical (unpaired) electrons. The third-order valence-electron chi connectivity index (χ3n) is 4.13. The van der Waals surface area contributed by atoms with E-state index in [0.29, 0.717) is 5.92 Å². The van der Waals surface area contributed by atoms with E-state index in [1.54, 1.807) is 0 Å². The Hall–Kier alpha value is -0.0800. The zero-order chi connectivity index (χ0) is 15.5. The van der Waals surface area contributed by atoms with Crippen LogP contribution in [0.2, 0.25) is 0 Å². The van der Waals surface area contributed by atoms with Crippen molar-refractivity contribution in [2.75, 3.05) is 46.4 Å². The lowest BCUT2D eigenvalue weighted by molar-refractivity contribution is 0.253. The molecule has 1 heterocycles. The molecule has 0 aromatic carbocycles. The Balaban J connectivity index is 0.00000441. The molecule has 2 atom stereocenters. The molecule has 1 rings (SSSR count). The molecule has 5 nitrogen and oxygen atoms in total. The van der Waals surface area contributed by atoms with Gasteiger partial charge in [-0.1, -0.05) is 13.3 Å². The summed E-state index contributed by atoms with van der Waals surface area (Å²) in [5.74, 6) is 2.14. The maximum atomic E-state index is 9.12. The smallest absolute Gasteiger partial charge is 0.191 e. The third-order valence-corrected chi connectivity index (χ3v) is 4.13. The minimum absolute atomic E-state index is 0. The van der Waals surface area contributed by atoms with Crippen molar-refractivity contribution >= 4 is 29.9 Å². The highest BCUT2D eigenvalue weighted by Gasteiger charge is 2.19. The molecule has 0 aromatic rings. The Morgan fingerprint density at radius 2 is 2.09 bits per heavy atom. The van der Waals surface area contributed by atoms with E-state index in [4.69, 9.17) is 10.1 Å². The monoisotopic (exact) mass is 426 g/mol. The van der Waals surface area contributed by atoms with E-state index in [9.17, 15) is 0 Å². The minimum atomic E-state index is 0. The van der Waals surface area contributed by atoms with Gasteiger partial charge in [0, 0.05) is 32.8 Å². The van der Waals surface area contributed by atoms with Crippen molar-refractivity contribution in [1.29, 1.82) is 0 Å². The summed E-state index contributed by atoms with van der Waals surface area (Å²) in [5, 5.41) is 15.9. The molecule has 0 amide bonds. The first-order valence-corrected chi connectivity index (χ1v) is 8.51. The molecular formula is C16H35IN4O. The van der Waals surface area contributed by atoms with Crippen LogP contribution in [0.3, 0.4) is 0 Å².